The van der Waals surface area contributed by atoms with E-state index in [4.69, 9.17) is 27.8 Å². The van der Waals surface area contributed by atoms with E-state index in [-0.39, 0.29) is 24.1 Å². The molecule has 10 nitrogen and oxygen atoms in total. The van der Waals surface area contributed by atoms with Crippen molar-refractivity contribution < 1.29 is 21.8 Å². The minimum atomic E-state index is -4.90. The van der Waals surface area contributed by atoms with Gasteiger partial charge in [-0.25, -0.2) is 9.78 Å². The monoisotopic (exact) mass is 542 g/mol. The molecule has 13 heteroatoms. The number of nitrogens with one attached hydrogen (secondary N) is 2. The molecule has 0 saturated carbocycles. The van der Waals surface area contributed by atoms with Gasteiger partial charge in [0.2, 0.25) is 5.95 Å². The van der Waals surface area contributed by atoms with E-state index in [0.29, 0.717) is 27.7 Å². The largest absolute Gasteiger partial charge is 0.487 e. The van der Waals surface area contributed by atoms with Crippen LogP contribution in [-0.2, 0) is 16.8 Å². The Hall–Kier alpha value is -4.42. The zero-order valence-corrected chi connectivity index (χ0v) is 20.6. The second-order valence-corrected chi connectivity index (χ2v) is 9.44. The van der Waals surface area contributed by atoms with Gasteiger partial charge < -0.3 is 26.8 Å². The number of aromatic nitrogens is 2. The van der Waals surface area contributed by atoms with Gasteiger partial charge in [-0.15, -0.1) is 3.89 Å². The molecule has 0 saturated heterocycles. The standard InChI is InChI=1S/C24H20ClFN6O4S/c25-15-9-7-14(8-10-15)21-20(31-23(28)32-22(21)27)13-36-18-5-1-3-16(11-18)29-24(33)30-17-4-2-6-19(12-17)37(26,34)35/h1-12H,13H2,(H2,29,30,33)(H4,27,28,31,32). The number of halogens is 2. The van der Waals surface area contributed by atoms with Crippen molar-refractivity contribution in [1.82, 2.24) is 9.97 Å². The quantitative estimate of drug-likeness (QED) is 0.241. The van der Waals surface area contributed by atoms with Crippen molar-refractivity contribution in [3.63, 3.8) is 0 Å². The third kappa shape index (κ3) is 6.63. The van der Waals surface area contributed by atoms with E-state index in [1.54, 1.807) is 48.5 Å². The number of benzene rings is 3. The van der Waals surface area contributed by atoms with Gasteiger partial charge in [0.05, 0.1) is 5.69 Å². The summed E-state index contributed by atoms with van der Waals surface area (Å²) in [4.78, 5) is 20.1. The van der Waals surface area contributed by atoms with Crippen LogP contribution in [0.4, 0.5) is 31.8 Å². The predicted octanol–water partition coefficient (Wildman–Crippen LogP) is 4.84. The number of nitrogens with zero attached hydrogens (tertiary/aromatic N) is 2. The van der Waals surface area contributed by atoms with E-state index in [9.17, 15) is 17.1 Å². The maximum absolute atomic E-state index is 13.2. The van der Waals surface area contributed by atoms with Crippen molar-refractivity contribution in [2.24, 2.45) is 0 Å². The van der Waals surface area contributed by atoms with E-state index in [1.807, 2.05) is 0 Å². The normalized spacial score (nSPS) is 11.1. The first-order valence-corrected chi connectivity index (χ1v) is 12.4. The van der Waals surface area contributed by atoms with Crippen molar-refractivity contribution in [2.75, 3.05) is 22.1 Å². The van der Waals surface area contributed by atoms with Crippen molar-refractivity contribution in [2.45, 2.75) is 11.5 Å². The Balaban J connectivity index is 1.47. The van der Waals surface area contributed by atoms with Crippen LogP contribution in [-0.4, -0.2) is 24.4 Å². The summed E-state index contributed by atoms with van der Waals surface area (Å²) in [5.41, 5.74) is 14.1. The van der Waals surface area contributed by atoms with Crippen LogP contribution in [0.25, 0.3) is 11.1 Å². The second kappa shape index (κ2) is 10.7. The third-order valence-electron chi connectivity index (χ3n) is 5.00. The fourth-order valence-electron chi connectivity index (χ4n) is 3.42. The summed E-state index contributed by atoms with van der Waals surface area (Å²) in [6, 6.07) is 17.6. The summed E-state index contributed by atoms with van der Waals surface area (Å²) >= 11 is 5.99. The maximum atomic E-state index is 13.2. The molecule has 0 aliphatic heterocycles. The fourth-order valence-corrected chi connectivity index (χ4v) is 4.05. The van der Waals surface area contributed by atoms with Crippen LogP contribution in [0.15, 0.2) is 77.7 Å². The lowest BCUT2D eigenvalue weighted by molar-refractivity contribution is 0.262. The molecule has 190 valence electrons. The highest BCUT2D eigenvalue weighted by Crippen LogP contribution is 2.30. The SMILES string of the molecule is Nc1nc(N)c(-c2ccc(Cl)cc2)c(COc2cccc(NC(=O)Nc3cccc(S(=O)(=O)F)c3)c2)n1. The van der Waals surface area contributed by atoms with Gasteiger partial charge in [0.15, 0.2) is 0 Å². The van der Waals surface area contributed by atoms with Gasteiger partial charge in [0.25, 0.3) is 0 Å². The van der Waals surface area contributed by atoms with Crippen LogP contribution in [0.2, 0.25) is 5.02 Å². The Morgan fingerprint density at radius 2 is 1.59 bits per heavy atom. The summed E-state index contributed by atoms with van der Waals surface area (Å²) in [5, 5.41) is 5.60. The molecule has 0 unspecified atom stereocenters. The Bertz CT molecular complexity index is 1570. The van der Waals surface area contributed by atoms with Crippen molar-refractivity contribution >= 4 is 51.0 Å². The highest BCUT2D eigenvalue weighted by atomic mass is 35.5. The van der Waals surface area contributed by atoms with Gasteiger partial charge >= 0.3 is 16.3 Å². The number of carbonyl (C=O) groups is 1. The molecule has 0 spiro atoms. The van der Waals surface area contributed by atoms with Gasteiger partial charge in [-0.05, 0) is 48.0 Å². The lowest BCUT2D eigenvalue weighted by atomic mass is 10.0. The Kier molecular flexibility index (Phi) is 7.41. The fraction of sp³-hybridized carbons (Fsp3) is 0.0417. The van der Waals surface area contributed by atoms with Crippen molar-refractivity contribution in [1.29, 1.82) is 0 Å². The lowest BCUT2D eigenvalue weighted by Crippen LogP contribution is -2.19. The van der Waals surface area contributed by atoms with Gasteiger partial charge in [-0.3, -0.25) is 0 Å². The highest BCUT2D eigenvalue weighted by Gasteiger charge is 2.15. The van der Waals surface area contributed by atoms with E-state index in [2.05, 4.69) is 20.6 Å². The van der Waals surface area contributed by atoms with Crippen LogP contribution in [0, 0.1) is 0 Å². The molecule has 37 heavy (non-hydrogen) atoms. The maximum Gasteiger partial charge on any atom is 0.332 e. The average molecular weight is 543 g/mol. The molecule has 4 rings (SSSR count). The highest BCUT2D eigenvalue weighted by molar-refractivity contribution is 7.86. The molecular weight excluding hydrogens is 523 g/mol. The van der Waals surface area contributed by atoms with E-state index in [0.717, 1.165) is 17.7 Å². The van der Waals surface area contributed by atoms with Gasteiger partial charge in [0.1, 0.15) is 23.1 Å². The average Bonchev–Trinajstić information content (AvgIpc) is 2.83. The molecule has 0 atom stereocenters. The van der Waals surface area contributed by atoms with E-state index in [1.165, 1.54) is 12.1 Å². The molecule has 1 heterocycles. The minimum absolute atomic E-state index is 0.00493. The summed E-state index contributed by atoms with van der Waals surface area (Å²) in [6.07, 6.45) is 0. The molecule has 3 aromatic carbocycles. The van der Waals surface area contributed by atoms with Crippen molar-refractivity contribution in [3.8, 4) is 16.9 Å². The summed E-state index contributed by atoms with van der Waals surface area (Å²) in [5.74, 6) is 0.580. The Morgan fingerprint density at radius 3 is 2.27 bits per heavy atom. The number of carbonyl (C=O) groups excluding carboxylic acids is 1. The van der Waals surface area contributed by atoms with Gasteiger partial charge in [0, 0.05) is 28.0 Å². The zero-order valence-electron chi connectivity index (χ0n) is 19.0. The number of amides is 2. The summed E-state index contributed by atoms with van der Waals surface area (Å²) in [6.45, 7) is -0.00493. The van der Waals surface area contributed by atoms with Crippen LogP contribution in [0.1, 0.15) is 5.69 Å². The van der Waals surface area contributed by atoms with E-state index < -0.39 is 21.1 Å². The molecule has 0 bridgehead atoms. The number of urea groups is 1. The number of ether oxygens (including phenoxy) is 1. The number of anilines is 4. The minimum Gasteiger partial charge on any atom is -0.487 e. The number of hydrogen-bond donors (Lipinski definition) is 4. The molecule has 4 aromatic rings. The molecule has 0 aliphatic carbocycles. The first-order valence-electron chi connectivity index (χ1n) is 10.6. The number of nitrogen functional groups attached to an aromatic ring is 2. The molecule has 0 aliphatic rings. The topological polar surface area (TPSA) is 162 Å². The van der Waals surface area contributed by atoms with Crippen LogP contribution in [0.3, 0.4) is 0 Å². The first-order chi connectivity index (χ1) is 17.6. The Labute approximate surface area is 216 Å². The molecule has 1 aromatic heterocycles. The molecule has 0 radical (unpaired) electrons. The first kappa shape index (κ1) is 25.7. The number of nitrogens with two attached hydrogens (primary N) is 2. The molecular formula is C24H20ClFN6O4S. The molecule has 0 fully saturated rings. The summed E-state index contributed by atoms with van der Waals surface area (Å²) < 4.78 is 41.2. The van der Waals surface area contributed by atoms with Gasteiger partial charge in [-0.1, -0.05) is 35.9 Å². The van der Waals surface area contributed by atoms with E-state index >= 15 is 0 Å². The molecule has 6 N–H and O–H groups in total. The van der Waals surface area contributed by atoms with Crippen LogP contribution >= 0.6 is 11.6 Å². The molecule has 2 amide bonds. The van der Waals surface area contributed by atoms with Gasteiger partial charge in [-0.2, -0.15) is 13.4 Å². The number of hydrogen-bond acceptors (Lipinski definition) is 8. The summed E-state index contributed by atoms with van der Waals surface area (Å²) in [7, 11) is -4.90. The predicted molar refractivity (Wildman–Crippen MR) is 139 cm³/mol. The van der Waals surface area contributed by atoms with Crippen LogP contribution in [0.5, 0.6) is 5.75 Å². The zero-order chi connectivity index (χ0) is 26.6. The van der Waals surface area contributed by atoms with Crippen LogP contribution < -0.4 is 26.8 Å². The lowest BCUT2D eigenvalue weighted by Gasteiger charge is -2.14. The smallest absolute Gasteiger partial charge is 0.332 e. The van der Waals surface area contributed by atoms with Crippen molar-refractivity contribution in [3.05, 3.63) is 83.5 Å². The Morgan fingerprint density at radius 1 is 0.946 bits per heavy atom. The number of rotatable bonds is 7. The third-order valence-corrected chi connectivity index (χ3v) is 6.07. The second-order valence-electron chi connectivity index (χ2n) is 7.66.